The number of piperazine rings is 1. The molecular formula is C20H28N2O3S. The minimum atomic E-state index is -3.46. The van der Waals surface area contributed by atoms with E-state index in [0.717, 1.165) is 17.4 Å². The summed E-state index contributed by atoms with van der Waals surface area (Å²) in [6, 6.07) is 6.97. The van der Waals surface area contributed by atoms with E-state index in [1.165, 1.54) is 30.0 Å². The van der Waals surface area contributed by atoms with Crippen LogP contribution in [0, 0.1) is 24.7 Å². The van der Waals surface area contributed by atoms with Gasteiger partial charge in [0.2, 0.25) is 15.9 Å². The summed E-state index contributed by atoms with van der Waals surface area (Å²) < 4.78 is 27.0. The summed E-state index contributed by atoms with van der Waals surface area (Å²) in [5.74, 6) is 2.40. The number of carbonyl (C=O) groups is 1. The Labute approximate surface area is 156 Å². The molecule has 5 nitrogen and oxygen atoms in total. The fourth-order valence-electron chi connectivity index (χ4n) is 5.02. The predicted molar refractivity (Wildman–Crippen MR) is 100 cm³/mol. The summed E-state index contributed by atoms with van der Waals surface area (Å²) in [6.07, 6.45) is 5.85. The van der Waals surface area contributed by atoms with Crippen molar-refractivity contribution in [1.82, 2.24) is 9.21 Å². The van der Waals surface area contributed by atoms with Gasteiger partial charge in [-0.3, -0.25) is 4.79 Å². The van der Waals surface area contributed by atoms with Crippen LogP contribution in [0.1, 0.15) is 37.7 Å². The average molecular weight is 377 g/mol. The van der Waals surface area contributed by atoms with Crippen LogP contribution in [0.4, 0.5) is 0 Å². The van der Waals surface area contributed by atoms with Crippen LogP contribution in [0.3, 0.4) is 0 Å². The van der Waals surface area contributed by atoms with Gasteiger partial charge in [0.25, 0.3) is 0 Å². The molecule has 3 atom stereocenters. The Morgan fingerprint density at radius 1 is 1.04 bits per heavy atom. The molecule has 6 heteroatoms. The van der Waals surface area contributed by atoms with Crippen LogP contribution >= 0.6 is 0 Å². The lowest BCUT2D eigenvalue weighted by Crippen LogP contribution is -2.50. The third kappa shape index (κ3) is 3.41. The number of amides is 1. The highest BCUT2D eigenvalue weighted by Gasteiger charge is 2.41. The molecular weight excluding hydrogens is 348 g/mol. The molecule has 1 saturated heterocycles. The van der Waals surface area contributed by atoms with E-state index in [2.05, 4.69) is 0 Å². The minimum absolute atomic E-state index is 0.218. The first-order valence-electron chi connectivity index (χ1n) is 9.78. The van der Waals surface area contributed by atoms with Crippen molar-refractivity contribution in [2.75, 3.05) is 26.2 Å². The van der Waals surface area contributed by atoms with Gasteiger partial charge >= 0.3 is 0 Å². The van der Waals surface area contributed by atoms with Crippen molar-refractivity contribution in [3.05, 3.63) is 29.8 Å². The number of sulfonamides is 1. The molecule has 0 radical (unpaired) electrons. The topological polar surface area (TPSA) is 57.7 Å². The van der Waals surface area contributed by atoms with E-state index >= 15 is 0 Å². The predicted octanol–water partition coefficient (Wildman–Crippen LogP) is 2.65. The Morgan fingerprint density at radius 3 is 2.31 bits per heavy atom. The van der Waals surface area contributed by atoms with Crippen molar-refractivity contribution in [1.29, 1.82) is 0 Å². The molecule has 142 valence electrons. The van der Waals surface area contributed by atoms with Crippen LogP contribution in [0.25, 0.3) is 0 Å². The zero-order chi connectivity index (χ0) is 18.3. The lowest BCUT2D eigenvalue weighted by Gasteiger charge is -2.35. The zero-order valence-electron chi connectivity index (χ0n) is 15.4. The van der Waals surface area contributed by atoms with Gasteiger partial charge in [-0.1, -0.05) is 24.1 Å². The molecule has 3 aliphatic rings. The van der Waals surface area contributed by atoms with E-state index in [1.807, 2.05) is 24.0 Å². The summed E-state index contributed by atoms with van der Waals surface area (Å²) in [7, 11) is -3.46. The molecule has 1 aliphatic heterocycles. The smallest absolute Gasteiger partial charge is 0.243 e. The molecule has 26 heavy (non-hydrogen) atoms. The molecule has 3 fully saturated rings. The highest BCUT2D eigenvalue weighted by atomic mass is 32.2. The number of benzene rings is 1. The lowest BCUT2D eigenvalue weighted by molar-refractivity contribution is -0.133. The molecule has 1 aromatic rings. The van der Waals surface area contributed by atoms with Gasteiger partial charge in [0.15, 0.2) is 0 Å². The molecule has 2 saturated carbocycles. The fraction of sp³-hybridized carbons (Fsp3) is 0.650. The number of aryl methyl sites for hydroxylation is 1. The second-order valence-electron chi connectivity index (χ2n) is 8.24. The quantitative estimate of drug-likeness (QED) is 0.812. The molecule has 1 amide bonds. The fourth-order valence-corrected chi connectivity index (χ4v) is 6.44. The maximum Gasteiger partial charge on any atom is 0.243 e. The molecule has 2 bridgehead atoms. The number of hydrogen-bond donors (Lipinski definition) is 0. The van der Waals surface area contributed by atoms with Crippen molar-refractivity contribution >= 4 is 15.9 Å². The summed E-state index contributed by atoms with van der Waals surface area (Å²) in [6.45, 7) is 3.73. The highest BCUT2D eigenvalue weighted by molar-refractivity contribution is 7.89. The molecule has 0 aromatic heterocycles. The van der Waals surface area contributed by atoms with Gasteiger partial charge in [-0.05, 0) is 56.1 Å². The molecule has 0 spiro atoms. The second-order valence-corrected chi connectivity index (χ2v) is 10.2. The first kappa shape index (κ1) is 18.0. The number of hydrogen-bond acceptors (Lipinski definition) is 3. The van der Waals surface area contributed by atoms with Crippen molar-refractivity contribution in [3.63, 3.8) is 0 Å². The minimum Gasteiger partial charge on any atom is -0.340 e. The molecule has 1 aromatic carbocycles. The first-order chi connectivity index (χ1) is 12.4. The average Bonchev–Trinajstić information content (AvgIpc) is 3.25. The van der Waals surface area contributed by atoms with Crippen molar-refractivity contribution in [3.8, 4) is 0 Å². The van der Waals surface area contributed by atoms with Crippen molar-refractivity contribution < 1.29 is 13.2 Å². The molecule has 0 N–H and O–H groups in total. The van der Waals surface area contributed by atoms with E-state index in [1.54, 1.807) is 12.1 Å². The zero-order valence-corrected chi connectivity index (χ0v) is 16.2. The van der Waals surface area contributed by atoms with Crippen LogP contribution in [-0.4, -0.2) is 49.7 Å². The Morgan fingerprint density at radius 2 is 1.73 bits per heavy atom. The number of carbonyl (C=O) groups excluding carboxylic acids is 1. The summed E-state index contributed by atoms with van der Waals surface area (Å²) in [5.41, 5.74) is 1.04. The van der Waals surface area contributed by atoms with E-state index in [0.29, 0.717) is 43.4 Å². The third-order valence-corrected chi connectivity index (χ3v) is 8.48. The van der Waals surface area contributed by atoms with Gasteiger partial charge in [-0.2, -0.15) is 4.31 Å². The highest BCUT2D eigenvalue weighted by Crippen LogP contribution is 2.49. The Kier molecular flexibility index (Phi) is 4.82. The number of rotatable bonds is 4. The van der Waals surface area contributed by atoms with Gasteiger partial charge < -0.3 is 4.90 Å². The van der Waals surface area contributed by atoms with Gasteiger partial charge in [-0.25, -0.2) is 8.42 Å². The number of fused-ring (bicyclic) bond motifs is 2. The van der Waals surface area contributed by atoms with Gasteiger partial charge in [0, 0.05) is 32.6 Å². The van der Waals surface area contributed by atoms with E-state index in [4.69, 9.17) is 0 Å². The van der Waals surface area contributed by atoms with Crippen LogP contribution in [0.5, 0.6) is 0 Å². The summed E-state index contributed by atoms with van der Waals surface area (Å²) >= 11 is 0. The molecule has 2 aliphatic carbocycles. The van der Waals surface area contributed by atoms with Crippen LogP contribution in [0.15, 0.2) is 29.2 Å². The van der Waals surface area contributed by atoms with Gasteiger partial charge in [-0.15, -0.1) is 0 Å². The summed E-state index contributed by atoms with van der Waals surface area (Å²) in [4.78, 5) is 14.9. The SMILES string of the molecule is Cc1ccc(S(=O)(=O)N2CCN(C(=O)C[C@H]3C[C@H]4CC[C@@H]3C4)CC2)cc1. The normalized spacial score (nSPS) is 29.3. The second kappa shape index (κ2) is 6.97. The molecule has 1 heterocycles. The maximum atomic E-state index is 12.8. The maximum absolute atomic E-state index is 12.8. The van der Waals surface area contributed by atoms with Gasteiger partial charge in [0.1, 0.15) is 0 Å². The van der Waals surface area contributed by atoms with Gasteiger partial charge in [0.05, 0.1) is 4.90 Å². The van der Waals surface area contributed by atoms with E-state index in [9.17, 15) is 13.2 Å². The van der Waals surface area contributed by atoms with E-state index in [-0.39, 0.29) is 5.91 Å². The molecule has 0 unspecified atom stereocenters. The Hall–Kier alpha value is -1.40. The van der Waals surface area contributed by atoms with Crippen LogP contribution in [-0.2, 0) is 14.8 Å². The van der Waals surface area contributed by atoms with Crippen molar-refractivity contribution in [2.24, 2.45) is 17.8 Å². The largest absolute Gasteiger partial charge is 0.340 e. The Balaban J connectivity index is 1.33. The number of nitrogens with zero attached hydrogens (tertiary/aromatic N) is 2. The summed E-state index contributed by atoms with van der Waals surface area (Å²) in [5, 5.41) is 0. The standard InChI is InChI=1S/C20H28N2O3S/c1-15-2-6-19(7-3-15)26(24,25)22-10-8-21(9-11-22)20(23)14-18-13-16-4-5-17(18)12-16/h2-3,6-7,16-18H,4-5,8-14H2,1H3/t16-,17+,18+/m0/s1. The lowest BCUT2D eigenvalue weighted by atomic mass is 9.86. The first-order valence-corrected chi connectivity index (χ1v) is 11.2. The van der Waals surface area contributed by atoms with Crippen LogP contribution < -0.4 is 0 Å². The third-order valence-electron chi connectivity index (χ3n) is 6.57. The van der Waals surface area contributed by atoms with E-state index < -0.39 is 10.0 Å². The monoisotopic (exact) mass is 376 g/mol. The Bertz CT molecular complexity index is 767. The van der Waals surface area contributed by atoms with Crippen LogP contribution in [0.2, 0.25) is 0 Å². The van der Waals surface area contributed by atoms with Crippen molar-refractivity contribution in [2.45, 2.75) is 43.9 Å². The molecule has 4 rings (SSSR count).